The Morgan fingerprint density at radius 1 is 0.842 bits per heavy atom. The summed E-state index contributed by atoms with van der Waals surface area (Å²) in [5.41, 5.74) is 0. The van der Waals surface area contributed by atoms with Crippen molar-refractivity contribution in [3.63, 3.8) is 0 Å². The van der Waals surface area contributed by atoms with E-state index in [1.54, 1.807) is 0 Å². The van der Waals surface area contributed by atoms with Crippen molar-refractivity contribution in [1.29, 1.82) is 4.61 Å². The van der Waals surface area contributed by atoms with E-state index < -0.39 is 9.94 Å². The van der Waals surface area contributed by atoms with Crippen molar-refractivity contribution >= 4 is 18.4 Å². The van der Waals surface area contributed by atoms with Crippen LogP contribution >= 0.6 is 8.44 Å². The van der Waals surface area contributed by atoms with Crippen LogP contribution in [0.3, 0.4) is 0 Å². The van der Waals surface area contributed by atoms with E-state index in [1.807, 2.05) is 0 Å². The van der Waals surface area contributed by atoms with Gasteiger partial charge < -0.3 is 0 Å². The lowest BCUT2D eigenvalue weighted by Crippen LogP contribution is -2.03. The van der Waals surface area contributed by atoms with E-state index in [4.69, 9.17) is 0 Å². The molecule has 4 heteroatoms. The van der Waals surface area contributed by atoms with Crippen LogP contribution in [0.2, 0.25) is 0 Å². The molecule has 0 N–H and O–H groups in total. The van der Waals surface area contributed by atoms with E-state index in [2.05, 4.69) is 26.7 Å². The van der Waals surface area contributed by atoms with Gasteiger partial charge in [-0.1, -0.05) is 78.1 Å². The number of nitrogens with zero attached hydrogens (tertiary/aromatic N) is 2. The summed E-state index contributed by atoms with van der Waals surface area (Å²) in [6.07, 6.45) is 15.8. The van der Waals surface area contributed by atoms with Gasteiger partial charge in [-0.05, 0) is 21.3 Å². The maximum atomic E-state index is 9.32. The SMILES string of the molecule is CCCCCCCCCCC[C@H](CCC)N=S(#N)P. The summed E-state index contributed by atoms with van der Waals surface area (Å²) in [5.74, 6) is 0. The number of hydrogen-bond acceptors (Lipinski definition) is 2. The maximum absolute atomic E-state index is 9.32. The highest BCUT2D eigenvalue weighted by atomic mass is 32.7. The molecule has 0 spiro atoms. The second-order valence-electron chi connectivity index (χ2n) is 5.46. The molecule has 0 aliphatic carbocycles. The zero-order valence-corrected chi connectivity index (χ0v) is 14.9. The monoisotopic (exact) mass is 304 g/mol. The topological polar surface area (TPSA) is 36.1 Å². The highest BCUT2D eigenvalue weighted by Gasteiger charge is 2.05. The first-order valence-corrected chi connectivity index (χ1v) is 10.7. The molecule has 0 radical (unpaired) electrons. The van der Waals surface area contributed by atoms with Gasteiger partial charge in [0.25, 0.3) is 0 Å². The molecule has 0 aliphatic rings. The van der Waals surface area contributed by atoms with Crippen LogP contribution in [-0.4, -0.2) is 6.04 Å². The van der Waals surface area contributed by atoms with Crippen molar-refractivity contribution < 1.29 is 0 Å². The van der Waals surface area contributed by atoms with Gasteiger partial charge in [-0.25, -0.2) is 4.36 Å². The molecule has 0 saturated heterocycles. The first-order chi connectivity index (χ1) is 9.20. The minimum Gasteiger partial charge on any atom is -0.209 e. The molecule has 0 fully saturated rings. The molecule has 0 amide bonds. The predicted molar refractivity (Wildman–Crippen MR) is 91.8 cm³/mol. The summed E-state index contributed by atoms with van der Waals surface area (Å²) in [4.78, 5) is 0. The van der Waals surface area contributed by atoms with Gasteiger partial charge in [0.2, 0.25) is 0 Å². The molecule has 0 saturated carbocycles. The van der Waals surface area contributed by atoms with Gasteiger partial charge >= 0.3 is 0 Å². The highest BCUT2D eigenvalue weighted by Crippen LogP contribution is 2.15. The molecule has 0 rings (SSSR count). The highest BCUT2D eigenvalue weighted by molar-refractivity contribution is 8.25. The Bertz CT molecular complexity index is 311. The Morgan fingerprint density at radius 2 is 1.37 bits per heavy atom. The third kappa shape index (κ3) is 14.4. The van der Waals surface area contributed by atoms with Crippen LogP contribution in [0.15, 0.2) is 4.36 Å². The summed E-state index contributed by atoms with van der Waals surface area (Å²) in [7, 11) is 1.56. The normalized spacial score (nSPS) is 13.7. The van der Waals surface area contributed by atoms with Crippen LogP contribution in [0, 0.1) is 4.61 Å². The first-order valence-electron chi connectivity index (χ1n) is 8.09. The van der Waals surface area contributed by atoms with Gasteiger partial charge in [0, 0.05) is 0 Å². The van der Waals surface area contributed by atoms with Crippen LogP contribution in [-0.2, 0) is 9.94 Å². The fourth-order valence-electron chi connectivity index (χ4n) is 2.43. The molecular formula is C15H33N2PS. The van der Waals surface area contributed by atoms with Crippen molar-refractivity contribution in [2.24, 2.45) is 4.36 Å². The lowest BCUT2D eigenvalue weighted by atomic mass is 10.0. The van der Waals surface area contributed by atoms with E-state index in [1.165, 1.54) is 57.8 Å². The second-order valence-corrected chi connectivity index (χ2v) is 7.52. The molecule has 0 heterocycles. The van der Waals surface area contributed by atoms with Crippen molar-refractivity contribution in [3.8, 4) is 0 Å². The Hall–Kier alpha value is 0.160. The summed E-state index contributed by atoms with van der Waals surface area (Å²) in [6, 6.07) is 0.375. The Kier molecular flexibility index (Phi) is 14.7. The molecule has 0 aromatic rings. The average Bonchev–Trinajstić information content (AvgIpc) is 2.36. The molecule has 0 aliphatic heterocycles. The molecular weight excluding hydrogens is 271 g/mol. The maximum Gasteiger partial charge on any atom is 0.0638 e. The minimum atomic E-state index is -0.819. The third-order valence-electron chi connectivity index (χ3n) is 3.52. The first kappa shape index (κ1) is 19.2. The molecule has 0 aromatic heterocycles. The van der Waals surface area contributed by atoms with E-state index >= 15 is 0 Å². The lowest BCUT2D eigenvalue weighted by Gasteiger charge is -2.09. The van der Waals surface area contributed by atoms with Gasteiger partial charge in [-0.3, -0.25) is 0 Å². The van der Waals surface area contributed by atoms with Crippen molar-refractivity contribution in [1.82, 2.24) is 0 Å². The number of hydrogen-bond donors (Lipinski definition) is 0. The molecule has 2 atom stereocenters. The molecule has 19 heavy (non-hydrogen) atoms. The molecule has 0 aromatic carbocycles. The Labute approximate surface area is 124 Å². The Morgan fingerprint density at radius 3 is 1.84 bits per heavy atom. The largest absolute Gasteiger partial charge is 0.209 e. The minimum absolute atomic E-state index is 0.375. The smallest absolute Gasteiger partial charge is 0.0638 e. The summed E-state index contributed by atoms with van der Waals surface area (Å²) < 4.78 is 13.7. The molecule has 114 valence electrons. The molecule has 0 bridgehead atoms. The van der Waals surface area contributed by atoms with Crippen molar-refractivity contribution in [2.75, 3.05) is 0 Å². The predicted octanol–water partition coefficient (Wildman–Crippen LogP) is 6.15. The van der Waals surface area contributed by atoms with Gasteiger partial charge in [0.15, 0.2) is 0 Å². The van der Waals surface area contributed by atoms with Crippen LogP contribution in [0.4, 0.5) is 0 Å². The number of unbranched alkanes of at least 4 members (excludes halogenated alkanes) is 8. The fraction of sp³-hybridized carbons (Fsp3) is 1.00. The van der Waals surface area contributed by atoms with Crippen molar-refractivity contribution in [2.45, 2.75) is 96.9 Å². The fourth-order valence-corrected chi connectivity index (χ4v) is 3.46. The van der Waals surface area contributed by atoms with E-state index in [0.29, 0.717) is 6.04 Å². The Balaban J connectivity index is 3.46. The van der Waals surface area contributed by atoms with Crippen LogP contribution in [0.5, 0.6) is 0 Å². The van der Waals surface area contributed by atoms with E-state index in [-0.39, 0.29) is 0 Å². The van der Waals surface area contributed by atoms with Crippen molar-refractivity contribution in [3.05, 3.63) is 0 Å². The van der Waals surface area contributed by atoms with Gasteiger partial charge in [-0.2, -0.15) is 4.61 Å². The van der Waals surface area contributed by atoms with Gasteiger partial charge in [-0.15, -0.1) is 0 Å². The van der Waals surface area contributed by atoms with E-state index in [0.717, 1.165) is 19.3 Å². The third-order valence-corrected chi connectivity index (χ3v) is 4.40. The van der Waals surface area contributed by atoms with Gasteiger partial charge in [0.05, 0.1) is 16.0 Å². The summed E-state index contributed by atoms with van der Waals surface area (Å²) in [6.45, 7) is 4.46. The molecule has 1 unspecified atom stereocenters. The number of rotatable bonds is 13. The quantitative estimate of drug-likeness (QED) is 0.297. The van der Waals surface area contributed by atoms with Crippen LogP contribution in [0.1, 0.15) is 90.9 Å². The van der Waals surface area contributed by atoms with E-state index in [9.17, 15) is 4.61 Å². The summed E-state index contributed by atoms with van der Waals surface area (Å²) in [5, 5.41) is 0. The zero-order chi connectivity index (χ0) is 14.3. The standard InChI is InChI=1S/C15H33N2PS/c1-3-5-6-7-8-9-10-11-12-14-15(13-4-2)17-19(16)18/h15H,3-14,18H2,1-2H3/t15-/m0/s1. The van der Waals surface area contributed by atoms with Gasteiger partial charge in [0.1, 0.15) is 0 Å². The summed E-state index contributed by atoms with van der Waals surface area (Å²) >= 11 is 0. The second kappa shape index (κ2) is 14.6. The average molecular weight is 304 g/mol. The lowest BCUT2D eigenvalue weighted by molar-refractivity contribution is 0.508. The zero-order valence-electron chi connectivity index (χ0n) is 12.9. The molecule has 2 nitrogen and oxygen atoms in total. The van der Waals surface area contributed by atoms with Crippen LogP contribution in [0.25, 0.3) is 0 Å². The van der Waals surface area contributed by atoms with Crippen LogP contribution < -0.4 is 0 Å².